The van der Waals surface area contributed by atoms with Gasteiger partial charge in [-0.15, -0.1) is 11.8 Å². The molecule has 0 bridgehead atoms. The number of allylic oxidation sites excluding steroid dienone is 1. The molecule has 2 aromatic carbocycles. The number of nitrogens with one attached hydrogen (secondary N) is 1. The third-order valence-electron chi connectivity index (χ3n) is 3.50. The number of anilines is 1. The zero-order chi connectivity index (χ0) is 18.2. The lowest BCUT2D eigenvalue weighted by Gasteiger charge is -2.05. The van der Waals surface area contributed by atoms with Crippen LogP contribution in [0, 0.1) is 0 Å². The van der Waals surface area contributed by atoms with Gasteiger partial charge in [-0.1, -0.05) is 36.4 Å². The zero-order valence-electron chi connectivity index (χ0n) is 13.9. The molecule has 0 atom stereocenters. The van der Waals surface area contributed by atoms with E-state index in [0.29, 0.717) is 11.5 Å². The predicted molar refractivity (Wildman–Crippen MR) is 104 cm³/mol. The van der Waals surface area contributed by atoms with E-state index in [2.05, 4.69) is 5.32 Å². The molecule has 3 rings (SSSR count). The Hall–Kier alpha value is -3.05. The molecule has 0 aliphatic carbocycles. The number of thioether (sulfide) groups is 1. The van der Waals surface area contributed by atoms with Crippen LogP contribution in [0.2, 0.25) is 0 Å². The van der Waals surface area contributed by atoms with Crippen LogP contribution in [0.3, 0.4) is 0 Å². The Labute approximate surface area is 155 Å². The van der Waals surface area contributed by atoms with E-state index in [1.54, 1.807) is 18.2 Å². The Morgan fingerprint density at radius 1 is 0.962 bits per heavy atom. The first kappa shape index (κ1) is 17.8. The number of amides is 1. The highest BCUT2D eigenvalue weighted by Gasteiger charge is 2.05. The second kappa shape index (κ2) is 8.87. The van der Waals surface area contributed by atoms with Gasteiger partial charge in [0.1, 0.15) is 0 Å². The third kappa shape index (κ3) is 5.22. The molecule has 1 aromatic heterocycles. The van der Waals surface area contributed by atoms with Crippen LogP contribution < -0.4 is 5.32 Å². The van der Waals surface area contributed by atoms with Crippen molar-refractivity contribution in [1.82, 2.24) is 0 Å². The number of ketones is 1. The summed E-state index contributed by atoms with van der Waals surface area (Å²) < 4.78 is 5.05. The molecule has 130 valence electrons. The van der Waals surface area contributed by atoms with Crippen molar-refractivity contribution in [2.75, 3.05) is 11.1 Å². The quantitative estimate of drug-likeness (QED) is 0.368. The van der Waals surface area contributed by atoms with Gasteiger partial charge in [0.15, 0.2) is 5.76 Å². The maximum atomic E-state index is 12.0. The average molecular weight is 363 g/mol. The number of hydrogen-bond donors (Lipinski definition) is 1. The number of carbonyl (C=O) groups excluding carboxylic acids is 2. The minimum atomic E-state index is -0.190. The van der Waals surface area contributed by atoms with Gasteiger partial charge in [0.25, 0.3) is 0 Å². The first-order chi connectivity index (χ1) is 12.7. The van der Waals surface area contributed by atoms with Crippen molar-refractivity contribution in [1.29, 1.82) is 0 Å². The highest BCUT2D eigenvalue weighted by atomic mass is 32.2. The summed E-state index contributed by atoms with van der Waals surface area (Å²) in [7, 11) is 0. The summed E-state index contributed by atoms with van der Waals surface area (Å²) in [5, 5.41) is 2.86. The van der Waals surface area contributed by atoms with Crippen LogP contribution in [0.4, 0.5) is 5.69 Å². The lowest BCUT2D eigenvalue weighted by Crippen LogP contribution is -2.13. The second-order valence-electron chi connectivity index (χ2n) is 5.45. The van der Waals surface area contributed by atoms with Crippen LogP contribution in [0.5, 0.6) is 0 Å². The Balaban J connectivity index is 1.51. The van der Waals surface area contributed by atoms with Gasteiger partial charge in [0.2, 0.25) is 11.7 Å². The molecule has 4 nitrogen and oxygen atoms in total. The van der Waals surface area contributed by atoms with Crippen LogP contribution in [-0.4, -0.2) is 17.4 Å². The normalized spacial score (nSPS) is 10.8. The molecular weight excluding hydrogens is 346 g/mol. The molecule has 0 aliphatic heterocycles. The summed E-state index contributed by atoms with van der Waals surface area (Å²) in [6, 6.07) is 20.4. The number of rotatable bonds is 7. The predicted octanol–water partition coefficient (Wildman–Crippen LogP) is 4.91. The Morgan fingerprint density at radius 3 is 2.42 bits per heavy atom. The van der Waals surface area contributed by atoms with Crippen molar-refractivity contribution in [3.8, 4) is 0 Å². The maximum Gasteiger partial charge on any atom is 0.234 e. The van der Waals surface area contributed by atoms with Gasteiger partial charge < -0.3 is 9.73 Å². The second-order valence-corrected chi connectivity index (χ2v) is 6.50. The van der Waals surface area contributed by atoms with Crippen molar-refractivity contribution in [3.05, 3.63) is 90.4 Å². The van der Waals surface area contributed by atoms with E-state index in [1.165, 1.54) is 24.1 Å². The smallest absolute Gasteiger partial charge is 0.234 e. The van der Waals surface area contributed by atoms with Gasteiger partial charge in [-0.25, -0.2) is 0 Å². The van der Waals surface area contributed by atoms with Gasteiger partial charge in [-0.3, -0.25) is 9.59 Å². The van der Waals surface area contributed by atoms with Crippen molar-refractivity contribution >= 4 is 35.2 Å². The molecule has 1 N–H and O–H groups in total. The summed E-state index contributed by atoms with van der Waals surface area (Å²) in [5.74, 6) is 0.407. The summed E-state index contributed by atoms with van der Waals surface area (Å²) >= 11 is 1.49. The Morgan fingerprint density at radius 2 is 1.73 bits per heavy atom. The topological polar surface area (TPSA) is 59.3 Å². The minimum absolute atomic E-state index is 0.0601. The summed E-state index contributed by atoms with van der Waals surface area (Å²) in [6.07, 6.45) is 4.64. The first-order valence-electron chi connectivity index (χ1n) is 8.04. The lowest BCUT2D eigenvalue weighted by molar-refractivity contribution is -0.113. The summed E-state index contributed by atoms with van der Waals surface area (Å²) in [5.41, 5.74) is 1.58. The molecule has 0 saturated heterocycles. The van der Waals surface area contributed by atoms with Crippen molar-refractivity contribution < 1.29 is 14.0 Å². The lowest BCUT2D eigenvalue weighted by atomic mass is 10.1. The highest BCUT2D eigenvalue weighted by Crippen LogP contribution is 2.18. The van der Waals surface area contributed by atoms with Crippen molar-refractivity contribution in [2.45, 2.75) is 4.90 Å². The molecule has 0 saturated carbocycles. The van der Waals surface area contributed by atoms with Crippen LogP contribution >= 0.6 is 11.8 Å². The molecule has 0 unspecified atom stereocenters. The van der Waals surface area contributed by atoms with Gasteiger partial charge in [-0.2, -0.15) is 0 Å². The monoisotopic (exact) mass is 363 g/mol. The minimum Gasteiger partial charge on any atom is -0.461 e. The number of furan rings is 1. The fourth-order valence-electron chi connectivity index (χ4n) is 2.21. The molecule has 0 fully saturated rings. The molecular formula is C21H17NO3S. The molecule has 26 heavy (non-hydrogen) atoms. The average Bonchev–Trinajstić information content (AvgIpc) is 3.21. The van der Waals surface area contributed by atoms with E-state index in [9.17, 15) is 9.59 Å². The van der Waals surface area contributed by atoms with Crippen LogP contribution in [0.25, 0.3) is 6.08 Å². The van der Waals surface area contributed by atoms with E-state index >= 15 is 0 Å². The highest BCUT2D eigenvalue weighted by molar-refractivity contribution is 8.00. The summed E-state index contributed by atoms with van der Waals surface area (Å²) in [6.45, 7) is 0. The molecule has 1 heterocycles. The number of benzene rings is 2. The van der Waals surface area contributed by atoms with Crippen LogP contribution in [-0.2, 0) is 4.79 Å². The Bertz CT molecular complexity index is 885. The van der Waals surface area contributed by atoms with E-state index in [0.717, 1.165) is 16.1 Å². The van der Waals surface area contributed by atoms with Gasteiger partial charge in [0.05, 0.1) is 12.0 Å². The number of hydrogen-bond acceptors (Lipinski definition) is 4. The van der Waals surface area contributed by atoms with Gasteiger partial charge in [0, 0.05) is 10.6 Å². The third-order valence-corrected chi connectivity index (χ3v) is 4.51. The van der Waals surface area contributed by atoms with Crippen LogP contribution in [0.15, 0.2) is 88.4 Å². The molecule has 0 aliphatic rings. The molecule has 1 amide bonds. The van der Waals surface area contributed by atoms with Crippen molar-refractivity contribution in [3.63, 3.8) is 0 Å². The van der Waals surface area contributed by atoms with Crippen molar-refractivity contribution in [2.24, 2.45) is 0 Å². The summed E-state index contributed by atoms with van der Waals surface area (Å²) in [4.78, 5) is 24.9. The van der Waals surface area contributed by atoms with E-state index < -0.39 is 0 Å². The maximum absolute atomic E-state index is 12.0. The standard InChI is InChI=1S/C21H17NO3S/c23-19(20-7-4-14-25-20)13-10-16-8-11-17(12-9-16)22-21(24)15-26-18-5-2-1-3-6-18/h1-14H,15H2,(H,22,24). The fraction of sp³-hybridized carbons (Fsp3) is 0.0476. The number of carbonyl (C=O) groups is 2. The molecule has 0 radical (unpaired) electrons. The molecule has 5 heteroatoms. The SMILES string of the molecule is O=C(CSc1ccccc1)Nc1ccc(C=CC(=O)c2ccco2)cc1. The Kier molecular flexibility index (Phi) is 6.06. The molecule has 3 aromatic rings. The van der Waals surface area contributed by atoms with Crippen LogP contribution in [0.1, 0.15) is 16.1 Å². The zero-order valence-corrected chi connectivity index (χ0v) is 14.7. The first-order valence-corrected chi connectivity index (χ1v) is 9.03. The largest absolute Gasteiger partial charge is 0.461 e. The van der Waals surface area contributed by atoms with Gasteiger partial charge >= 0.3 is 0 Å². The molecule has 0 spiro atoms. The fourth-order valence-corrected chi connectivity index (χ4v) is 2.93. The van der Waals surface area contributed by atoms with E-state index in [1.807, 2.05) is 54.6 Å². The van der Waals surface area contributed by atoms with E-state index in [-0.39, 0.29) is 11.7 Å². The van der Waals surface area contributed by atoms with Gasteiger partial charge in [-0.05, 0) is 48.0 Å². The van der Waals surface area contributed by atoms with E-state index in [4.69, 9.17) is 4.42 Å².